The molecule has 0 amide bonds. The lowest BCUT2D eigenvalue weighted by Crippen LogP contribution is -3.15. The molecular formula is C20H33N6O+. The molecule has 0 aliphatic carbocycles. The number of methoxy groups -OCH3 is 1. The zero-order valence-electron chi connectivity index (χ0n) is 17.4. The fourth-order valence-corrected chi connectivity index (χ4v) is 4.05. The third kappa shape index (κ3) is 4.08. The molecular weight excluding hydrogens is 340 g/mol. The minimum atomic E-state index is -0.120. The van der Waals surface area contributed by atoms with Gasteiger partial charge < -0.3 is 14.5 Å². The van der Waals surface area contributed by atoms with E-state index in [-0.39, 0.29) is 5.54 Å². The number of para-hydroxylation sites is 2. The van der Waals surface area contributed by atoms with Crippen molar-refractivity contribution in [3.05, 3.63) is 30.1 Å². The van der Waals surface area contributed by atoms with E-state index in [9.17, 15) is 0 Å². The number of aromatic nitrogens is 4. The molecule has 1 aromatic carbocycles. The van der Waals surface area contributed by atoms with Crippen LogP contribution in [0.4, 0.5) is 5.69 Å². The quantitative estimate of drug-likeness (QED) is 0.861. The van der Waals surface area contributed by atoms with E-state index in [0.717, 1.165) is 37.8 Å². The standard InChI is InChI=1S/C20H32N6O/c1-15(2)18(19-21-22-23-26(19)20(3,4)5)25-13-11-24(12-14-25)16-9-7-8-10-17(16)27-6/h7-10,15,18H,11-14H2,1-6H3/p+1/t18-/m0/s1. The van der Waals surface area contributed by atoms with Crippen molar-refractivity contribution in [3.63, 3.8) is 0 Å². The lowest BCUT2D eigenvalue weighted by molar-refractivity contribution is -0.937. The molecule has 0 spiro atoms. The Morgan fingerprint density at radius 2 is 1.78 bits per heavy atom. The Morgan fingerprint density at radius 1 is 1.11 bits per heavy atom. The van der Waals surface area contributed by atoms with Gasteiger partial charge in [-0.15, -0.1) is 5.10 Å². The molecule has 1 aliphatic rings. The molecule has 0 bridgehead atoms. The van der Waals surface area contributed by atoms with Crippen LogP contribution in [0.3, 0.4) is 0 Å². The van der Waals surface area contributed by atoms with Crippen LogP contribution in [0.25, 0.3) is 0 Å². The van der Waals surface area contributed by atoms with Crippen LogP contribution in [0.15, 0.2) is 24.3 Å². The van der Waals surface area contributed by atoms with Crippen molar-refractivity contribution < 1.29 is 9.64 Å². The van der Waals surface area contributed by atoms with Crippen molar-refractivity contribution in [2.24, 2.45) is 5.92 Å². The minimum absolute atomic E-state index is 0.120. The number of nitrogens with zero attached hydrogens (tertiary/aromatic N) is 5. The van der Waals surface area contributed by atoms with Crippen LogP contribution < -0.4 is 14.5 Å². The maximum atomic E-state index is 5.54. The van der Waals surface area contributed by atoms with Crippen LogP contribution in [0.1, 0.15) is 46.5 Å². The van der Waals surface area contributed by atoms with Crippen molar-refractivity contribution in [1.82, 2.24) is 20.2 Å². The van der Waals surface area contributed by atoms with Crippen molar-refractivity contribution in [1.29, 1.82) is 0 Å². The molecule has 27 heavy (non-hydrogen) atoms. The largest absolute Gasteiger partial charge is 0.495 e. The Hall–Kier alpha value is -2.15. The van der Waals surface area contributed by atoms with Gasteiger partial charge in [0, 0.05) is 5.92 Å². The van der Waals surface area contributed by atoms with E-state index in [0.29, 0.717) is 12.0 Å². The molecule has 1 N–H and O–H groups in total. The smallest absolute Gasteiger partial charge is 0.210 e. The number of anilines is 1. The second-order valence-corrected chi connectivity index (χ2v) is 8.66. The molecule has 1 atom stereocenters. The summed E-state index contributed by atoms with van der Waals surface area (Å²) in [6.45, 7) is 15.1. The first-order valence-corrected chi connectivity index (χ1v) is 9.84. The van der Waals surface area contributed by atoms with Gasteiger partial charge in [-0.3, -0.25) is 0 Å². The van der Waals surface area contributed by atoms with Gasteiger partial charge in [0.25, 0.3) is 0 Å². The van der Waals surface area contributed by atoms with Gasteiger partial charge in [-0.1, -0.05) is 26.0 Å². The molecule has 3 rings (SSSR count). The highest BCUT2D eigenvalue weighted by atomic mass is 16.5. The van der Waals surface area contributed by atoms with Crippen LogP contribution >= 0.6 is 0 Å². The summed E-state index contributed by atoms with van der Waals surface area (Å²) in [4.78, 5) is 3.98. The first-order chi connectivity index (χ1) is 12.8. The molecule has 0 unspecified atom stereocenters. The Bertz CT molecular complexity index is 743. The van der Waals surface area contributed by atoms with Crippen molar-refractivity contribution in [2.75, 3.05) is 38.2 Å². The van der Waals surface area contributed by atoms with E-state index in [4.69, 9.17) is 4.74 Å². The van der Waals surface area contributed by atoms with E-state index in [1.54, 1.807) is 12.0 Å². The third-order valence-electron chi connectivity index (χ3n) is 5.35. The maximum absolute atomic E-state index is 5.54. The fraction of sp³-hybridized carbons (Fsp3) is 0.650. The monoisotopic (exact) mass is 373 g/mol. The van der Waals surface area contributed by atoms with E-state index in [1.807, 2.05) is 16.8 Å². The summed E-state index contributed by atoms with van der Waals surface area (Å²) in [5.41, 5.74) is 1.06. The molecule has 1 fully saturated rings. The predicted octanol–water partition coefficient (Wildman–Crippen LogP) is 1.54. The van der Waals surface area contributed by atoms with Crippen LogP contribution in [0, 0.1) is 5.92 Å². The number of hydrogen-bond donors (Lipinski definition) is 1. The van der Waals surface area contributed by atoms with E-state index in [2.05, 4.69) is 67.2 Å². The normalized spacial score (nSPS) is 17.4. The summed E-state index contributed by atoms with van der Waals surface area (Å²) in [5, 5.41) is 12.7. The average Bonchev–Trinajstić information content (AvgIpc) is 3.12. The second kappa shape index (κ2) is 7.84. The van der Waals surface area contributed by atoms with E-state index in [1.165, 1.54) is 5.69 Å². The summed E-state index contributed by atoms with van der Waals surface area (Å²) in [6.07, 6.45) is 0. The highest BCUT2D eigenvalue weighted by Gasteiger charge is 2.37. The number of rotatable bonds is 5. The summed E-state index contributed by atoms with van der Waals surface area (Å²) < 4.78 is 7.54. The van der Waals surface area contributed by atoms with Crippen molar-refractivity contribution >= 4 is 5.69 Å². The van der Waals surface area contributed by atoms with Gasteiger partial charge in [-0.2, -0.15) is 0 Å². The fourth-order valence-electron chi connectivity index (χ4n) is 4.05. The number of ether oxygens (including phenoxy) is 1. The lowest BCUT2D eigenvalue weighted by Gasteiger charge is -2.39. The van der Waals surface area contributed by atoms with Crippen molar-refractivity contribution in [3.8, 4) is 5.75 Å². The van der Waals surface area contributed by atoms with Crippen molar-refractivity contribution in [2.45, 2.75) is 46.2 Å². The first kappa shape index (κ1) is 19.6. The number of quaternary nitrogens is 1. The summed E-state index contributed by atoms with van der Waals surface area (Å²) in [7, 11) is 1.74. The van der Waals surface area contributed by atoms with Gasteiger partial charge in [-0.05, 0) is 43.3 Å². The highest BCUT2D eigenvalue weighted by Crippen LogP contribution is 2.28. The Morgan fingerprint density at radius 3 is 2.37 bits per heavy atom. The third-order valence-corrected chi connectivity index (χ3v) is 5.35. The van der Waals surface area contributed by atoms with Crippen LogP contribution in [0.2, 0.25) is 0 Å². The van der Waals surface area contributed by atoms with Crippen LogP contribution in [-0.4, -0.2) is 53.5 Å². The molecule has 2 aromatic rings. The SMILES string of the molecule is COc1ccccc1N1CC[NH+]([C@H](c2nnnn2C(C)(C)C)C(C)C)CC1. The predicted molar refractivity (Wildman–Crippen MR) is 106 cm³/mol. The second-order valence-electron chi connectivity index (χ2n) is 8.66. The summed E-state index contributed by atoms with van der Waals surface area (Å²) in [6, 6.07) is 8.56. The Kier molecular flexibility index (Phi) is 5.69. The average molecular weight is 374 g/mol. The molecule has 1 aromatic heterocycles. The van der Waals surface area contributed by atoms with Gasteiger partial charge in [0.05, 0.1) is 44.5 Å². The molecule has 2 heterocycles. The highest BCUT2D eigenvalue weighted by molar-refractivity contribution is 5.58. The molecule has 0 radical (unpaired) electrons. The molecule has 1 saturated heterocycles. The lowest BCUT2D eigenvalue weighted by atomic mass is 9.99. The van der Waals surface area contributed by atoms with E-state index < -0.39 is 0 Å². The zero-order valence-corrected chi connectivity index (χ0v) is 17.4. The van der Waals surface area contributed by atoms with Gasteiger partial charge in [0.2, 0.25) is 5.82 Å². The van der Waals surface area contributed by atoms with Gasteiger partial charge in [0.15, 0.2) is 6.04 Å². The molecule has 148 valence electrons. The number of benzene rings is 1. The molecule has 7 nitrogen and oxygen atoms in total. The van der Waals surface area contributed by atoms with Gasteiger partial charge in [0.1, 0.15) is 5.75 Å². The van der Waals surface area contributed by atoms with Crippen LogP contribution in [-0.2, 0) is 5.54 Å². The number of piperazine rings is 1. The van der Waals surface area contributed by atoms with E-state index >= 15 is 0 Å². The Balaban J connectivity index is 1.78. The first-order valence-electron chi connectivity index (χ1n) is 9.84. The Labute approximate surface area is 162 Å². The number of nitrogens with one attached hydrogen (secondary N) is 1. The van der Waals surface area contributed by atoms with Crippen LogP contribution in [0.5, 0.6) is 5.75 Å². The maximum Gasteiger partial charge on any atom is 0.210 e. The summed E-state index contributed by atoms with van der Waals surface area (Å²) in [5.74, 6) is 2.40. The topological polar surface area (TPSA) is 60.5 Å². The number of hydrogen-bond acceptors (Lipinski definition) is 5. The number of tetrazole rings is 1. The van der Waals surface area contributed by atoms with Gasteiger partial charge in [-0.25, -0.2) is 4.68 Å². The molecule has 0 saturated carbocycles. The minimum Gasteiger partial charge on any atom is -0.495 e. The van der Waals surface area contributed by atoms with Gasteiger partial charge >= 0.3 is 0 Å². The summed E-state index contributed by atoms with van der Waals surface area (Å²) >= 11 is 0. The molecule has 1 aliphatic heterocycles. The molecule has 7 heteroatoms. The zero-order chi connectivity index (χ0) is 19.6.